The minimum absolute atomic E-state index is 0.0608. The molecule has 1 fully saturated rings. The fraction of sp³-hybridized carbons (Fsp3) is 0.625. The highest BCUT2D eigenvalue weighted by Crippen LogP contribution is 2.18. The lowest BCUT2D eigenvalue weighted by Gasteiger charge is -2.31. The topological polar surface area (TPSA) is 62.6 Å². The average Bonchev–Trinajstić information content (AvgIpc) is 3.04. The molecule has 2 heterocycles. The molecular weight excluding hydrogens is 268 g/mol. The van der Waals surface area contributed by atoms with Gasteiger partial charge in [-0.2, -0.15) is 0 Å². The minimum atomic E-state index is 0.0608. The molecule has 1 aromatic heterocycles. The standard InChI is InChI=1S/C16H24N2O3/c1-2-9-17-16(20)13-7-10-18(11-8-13)15(19)6-5-14-4-3-12-21-14/h3-4,12-13H,2,5-11H2,1H3,(H,17,20). The van der Waals surface area contributed by atoms with Crippen LogP contribution in [0.2, 0.25) is 0 Å². The molecule has 1 aliphatic heterocycles. The van der Waals surface area contributed by atoms with Crippen molar-refractivity contribution in [2.75, 3.05) is 19.6 Å². The molecule has 0 bridgehead atoms. The van der Waals surface area contributed by atoms with Gasteiger partial charge in [0.2, 0.25) is 11.8 Å². The first-order valence-electron chi connectivity index (χ1n) is 7.78. The number of hydrogen-bond donors (Lipinski definition) is 1. The molecule has 0 atom stereocenters. The Morgan fingerprint density at radius 1 is 1.38 bits per heavy atom. The molecule has 5 heteroatoms. The van der Waals surface area contributed by atoms with Gasteiger partial charge < -0.3 is 14.6 Å². The third-order valence-corrected chi connectivity index (χ3v) is 3.93. The van der Waals surface area contributed by atoms with Gasteiger partial charge in [0, 0.05) is 38.4 Å². The Balaban J connectivity index is 1.70. The molecule has 116 valence electrons. The lowest BCUT2D eigenvalue weighted by molar-refractivity contribution is -0.135. The number of rotatable bonds is 6. The molecule has 2 rings (SSSR count). The van der Waals surface area contributed by atoms with Crippen LogP contribution in [-0.4, -0.2) is 36.3 Å². The number of carbonyl (C=O) groups excluding carboxylic acids is 2. The number of nitrogens with zero attached hydrogens (tertiary/aromatic N) is 1. The average molecular weight is 292 g/mol. The van der Waals surface area contributed by atoms with E-state index in [1.165, 1.54) is 0 Å². The maximum atomic E-state index is 12.1. The van der Waals surface area contributed by atoms with Crippen molar-refractivity contribution in [1.82, 2.24) is 10.2 Å². The van der Waals surface area contributed by atoms with Crippen LogP contribution in [0.25, 0.3) is 0 Å². The molecule has 0 saturated carbocycles. The second-order valence-corrected chi connectivity index (χ2v) is 5.53. The zero-order valence-electron chi connectivity index (χ0n) is 12.6. The van der Waals surface area contributed by atoms with Crippen LogP contribution in [0.5, 0.6) is 0 Å². The van der Waals surface area contributed by atoms with Gasteiger partial charge in [-0.1, -0.05) is 6.92 Å². The first kappa shape index (κ1) is 15.6. The van der Waals surface area contributed by atoms with Crippen molar-refractivity contribution in [1.29, 1.82) is 0 Å². The van der Waals surface area contributed by atoms with E-state index in [0.29, 0.717) is 25.9 Å². The molecule has 0 aromatic carbocycles. The molecule has 0 unspecified atom stereocenters. The summed E-state index contributed by atoms with van der Waals surface area (Å²) in [6.45, 7) is 4.14. The fourth-order valence-electron chi connectivity index (χ4n) is 2.63. The molecule has 21 heavy (non-hydrogen) atoms. The van der Waals surface area contributed by atoms with Gasteiger partial charge in [-0.15, -0.1) is 0 Å². The number of nitrogens with one attached hydrogen (secondary N) is 1. The van der Waals surface area contributed by atoms with Crippen LogP contribution in [0.4, 0.5) is 0 Å². The highest BCUT2D eigenvalue weighted by Gasteiger charge is 2.26. The van der Waals surface area contributed by atoms with E-state index in [0.717, 1.165) is 31.6 Å². The number of likely N-dealkylation sites (tertiary alicyclic amines) is 1. The van der Waals surface area contributed by atoms with E-state index in [1.54, 1.807) is 6.26 Å². The van der Waals surface area contributed by atoms with Gasteiger partial charge in [0.25, 0.3) is 0 Å². The number of hydrogen-bond acceptors (Lipinski definition) is 3. The lowest BCUT2D eigenvalue weighted by Crippen LogP contribution is -2.43. The monoisotopic (exact) mass is 292 g/mol. The highest BCUT2D eigenvalue weighted by molar-refractivity contribution is 5.80. The molecule has 1 aliphatic rings. The quantitative estimate of drug-likeness (QED) is 0.872. The number of amides is 2. The molecule has 1 aromatic rings. The van der Waals surface area contributed by atoms with Gasteiger partial charge in [-0.25, -0.2) is 0 Å². The van der Waals surface area contributed by atoms with Crippen LogP contribution in [0, 0.1) is 5.92 Å². The number of aryl methyl sites for hydroxylation is 1. The van der Waals surface area contributed by atoms with Crippen molar-refractivity contribution in [3.63, 3.8) is 0 Å². The van der Waals surface area contributed by atoms with Gasteiger partial charge in [0.05, 0.1) is 6.26 Å². The van der Waals surface area contributed by atoms with Gasteiger partial charge >= 0.3 is 0 Å². The van der Waals surface area contributed by atoms with Gasteiger partial charge in [-0.3, -0.25) is 9.59 Å². The first-order chi connectivity index (χ1) is 10.2. The van der Waals surface area contributed by atoms with Crippen molar-refractivity contribution in [2.24, 2.45) is 5.92 Å². The summed E-state index contributed by atoms with van der Waals surface area (Å²) in [4.78, 5) is 25.9. The Morgan fingerprint density at radius 3 is 2.76 bits per heavy atom. The summed E-state index contributed by atoms with van der Waals surface area (Å²) in [7, 11) is 0. The van der Waals surface area contributed by atoms with E-state index >= 15 is 0 Å². The smallest absolute Gasteiger partial charge is 0.223 e. The summed E-state index contributed by atoms with van der Waals surface area (Å²) in [5.74, 6) is 1.20. The van der Waals surface area contributed by atoms with Crippen molar-refractivity contribution >= 4 is 11.8 Å². The van der Waals surface area contributed by atoms with Crippen molar-refractivity contribution < 1.29 is 14.0 Å². The van der Waals surface area contributed by atoms with Crippen LogP contribution in [0.3, 0.4) is 0 Å². The Labute approximate surface area is 125 Å². The van der Waals surface area contributed by atoms with Crippen molar-refractivity contribution in [3.8, 4) is 0 Å². The Hall–Kier alpha value is -1.78. The van der Waals surface area contributed by atoms with Crippen molar-refractivity contribution in [2.45, 2.75) is 39.0 Å². The predicted octanol–water partition coefficient (Wildman–Crippen LogP) is 1.98. The lowest BCUT2D eigenvalue weighted by atomic mass is 9.95. The summed E-state index contributed by atoms with van der Waals surface area (Å²) in [6, 6.07) is 3.72. The second kappa shape index (κ2) is 7.86. The molecule has 0 radical (unpaired) electrons. The van der Waals surface area contributed by atoms with Gasteiger partial charge in [0.15, 0.2) is 0 Å². The summed E-state index contributed by atoms with van der Waals surface area (Å²) in [6.07, 6.45) is 5.23. The SMILES string of the molecule is CCCNC(=O)C1CCN(C(=O)CCc2ccco2)CC1. The third-order valence-electron chi connectivity index (χ3n) is 3.93. The molecule has 5 nitrogen and oxygen atoms in total. The maximum Gasteiger partial charge on any atom is 0.223 e. The molecule has 2 amide bonds. The summed E-state index contributed by atoms with van der Waals surface area (Å²) in [5.41, 5.74) is 0. The fourth-order valence-corrected chi connectivity index (χ4v) is 2.63. The summed E-state index contributed by atoms with van der Waals surface area (Å²) >= 11 is 0. The normalized spacial score (nSPS) is 16.0. The highest BCUT2D eigenvalue weighted by atomic mass is 16.3. The van der Waals surface area contributed by atoms with Crippen LogP contribution >= 0.6 is 0 Å². The van der Waals surface area contributed by atoms with Crippen LogP contribution in [0.15, 0.2) is 22.8 Å². The predicted molar refractivity (Wildman–Crippen MR) is 79.6 cm³/mol. The molecule has 0 aliphatic carbocycles. The summed E-state index contributed by atoms with van der Waals surface area (Å²) in [5, 5.41) is 2.94. The van der Waals surface area contributed by atoms with Gasteiger partial charge in [-0.05, 0) is 31.4 Å². The Morgan fingerprint density at radius 2 is 2.14 bits per heavy atom. The van der Waals surface area contributed by atoms with Crippen LogP contribution in [0.1, 0.15) is 38.4 Å². The first-order valence-corrected chi connectivity index (χ1v) is 7.78. The molecule has 0 spiro atoms. The Bertz CT molecular complexity index is 448. The Kier molecular flexibility index (Phi) is 5.84. The van der Waals surface area contributed by atoms with Crippen LogP contribution < -0.4 is 5.32 Å². The maximum absolute atomic E-state index is 12.1. The molecule has 1 saturated heterocycles. The number of carbonyl (C=O) groups is 2. The minimum Gasteiger partial charge on any atom is -0.469 e. The van der Waals surface area contributed by atoms with E-state index < -0.39 is 0 Å². The van der Waals surface area contributed by atoms with Crippen molar-refractivity contribution in [3.05, 3.63) is 24.2 Å². The van der Waals surface area contributed by atoms with Gasteiger partial charge in [0.1, 0.15) is 5.76 Å². The van der Waals surface area contributed by atoms with E-state index in [2.05, 4.69) is 5.32 Å². The zero-order chi connectivity index (χ0) is 15.1. The largest absolute Gasteiger partial charge is 0.469 e. The zero-order valence-corrected chi connectivity index (χ0v) is 12.6. The molecular formula is C16H24N2O3. The van der Waals surface area contributed by atoms with Crippen LogP contribution in [-0.2, 0) is 16.0 Å². The van der Waals surface area contributed by atoms with E-state index in [9.17, 15) is 9.59 Å². The second-order valence-electron chi connectivity index (χ2n) is 5.53. The number of piperidine rings is 1. The van der Waals surface area contributed by atoms with E-state index in [4.69, 9.17) is 4.42 Å². The van der Waals surface area contributed by atoms with E-state index in [1.807, 2.05) is 24.0 Å². The number of furan rings is 1. The molecule has 1 N–H and O–H groups in total. The third kappa shape index (κ3) is 4.62. The van der Waals surface area contributed by atoms with E-state index in [-0.39, 0.29) is 17.7 Å². The summed E-state index contributed by atoms with van der Waals surface area (Å²) < 4.78 is 5.23.